The number of ketones is 1. The Balaban J connectivity index is 1.51. The molecule has 168 valence electrons. The van der Waals surface area contributed by atoms with E-state index in [1.807, 2.05) is 7.05 Å². The molecule has 3 unspecified atom stereocenters. The maximum atomic E-state index is 12.3. The molecular weight excluding hydrogens is 376 g/mol. The van der Waals surface area contributed by atoms with Gasteiger partial charge < -0.3 is 10.2 Å². The number of carbonyl (C=O) groups is 3. The van der Waals surface area contributed by atoms with Crippen molar-refractivity contribution in [2.45, 2.75) is 85.1 Å². The number of likely N-dealkylation sites (tertiary alicyclic amines) is 1. The summed E-state index contributed by atoms with van der Waals surface area (Å²) in [6.45, 7) is 9.49. The second-order valence-electron chi connectivity index (χ2n) is 11.5. The fourth-order valence-electron chi connectivity index (χ4n) is 8.56. The molecule has 3 saturated carbocycles. The highest BCUT2D eigenvalue weighted by atomic mass is 16.2. The van der Waals surface area contributed by atoms with Gasteiger partial charge in [0.15, 0.2) is 0 Å². The fourth-order valence-corrected chi connectivity index (χ4v) is 8.56. The van der Waals surface area contributed by atoms with Crippen molar-refractivity contribution in [3.8, 4) is 0 Å². The van der Waals surface area contributed by atoms with Crippen LogP contribution < -0.4 is 5.32 Å². The van der Waals surface area contributed by atoms with Crippen molar-refractivity contribution >= 4 is 17.6 Å². The normalized spacial score (nSPS) is 45.4. The van der Waals surface area contributed by atoms with Gasteiger partial charge in [0.2, 0.25) is 11.8 Å². The topological polar surface area (TPSA) is 66.5 Å². The Morgan fingerprint density at radius 2 is 1.83 bits per heavy atom. The molecule has 0 spiro atoms. The molecule has 4 fully saturated rings. The molecular formula is C25H40N2O3. The summed E-state index contributed by atoms with van der Waals surface area (Å²) in [6, 6.07) is 0.407. The zero-order valence-electron chi connectivity index (χ0n) is 19.5. The molecule has 4 rings (SSSR count). The lowest BCUT2D eigenvalue weighted by atomic mass is 9.47. The molecule has 0 aromatic heterocycles. The molecule has 0 aromatic carbocycles. The number of piperidine rings is 1. The summed E-state index contributed by atoms with van der Waals surface area (Å²) < 4.78 is 0. The largest absolute Gasteiger partial charge is 0.355 e. The summed E-state index contributed by atoms with van der Waals surface area (Å²) in [5, 5.41) is 3.08. The van der Waals surface area contributed by atoms with Crippen LogP contribution in [0.5, 0.6) is 0 Å². The van der Waals surface area contributed by atoms with E-state index in [9.17, 15) is 14.4 Å². The van der Waals surface area contributed by atoms with Crippen molar-refractivity contribution in [3.63, 3.8) is 0 Å². The SMILES string of the molecule is CC(=O)CC(=O)NCC1C(C)C[C@H]2[C@@H]3CCC4N(C)C(=O)CC[C@]4(C)[C@@H]3CC[C@]12C. The molecule has 8 atom stereocenters. The Morgan fingerprint density at radius 1 is 1.10 bits per heavy atom. The lowest BCUT2D eigenvalue weighted by Crippen LogP contribution is -2.61. The molecule has 4 aliphatic rings. The minimum Gasteiger partial charge on any atom is -0.355 e. The average molecular weight is 417 g/mol. The van der Waals surface area contributed by atoms with E-state index in [1.54, 1.807) is 0 Å². The van der Waals surface area contributed by atoms with Crippen LogP contribution in [-0.4, -0.2) is 42.1 Å². The number of carbonyl (C=O) groups excluding carboxylic acids is 3. The summed E-state index contributed by atoms with van der Waals surface area (Å²) in [5.74, 6) is 3.37. The Hall–Kier alpha value is -1.39. The third-order valence-corrected chi connectivity index (χ3v) is 10.1. The zero-order valence-corrected chi connectivity index (χ0v) is 19.5. The quantitative estimate of drug-likeness (QED) is 0.709. The van der Waals surface area contributed by atoms with Crippen LogP contribution in [0.4, 0.5) is 0 Å². The Morgan fingerprint density at radius 3 is 2.53 bits per heavy atom. The van der Waals surface area contributed by atoms with Crippen LogP contribution in [0.15, 0.2) is 0 Å². The van der Waals surface area contributed by atoms with Gasteiger partial charge in [-0.05, 0) is 85.9 Å². The molecule has 1 aliphatic heterocycles. The highest BCUT2D eigenvalue weighted by Gasteiger charge is 2.62. The third kappa shape index (κ3) is 3.31. The predicted molar refractivity (Wildman–Crippen MR) is 117 cm³/mol. The van der Waals surface area contributed by atoms with E-state index in [4.69, 9.17) is 0 Å². The van der Waals surface area contributed by atoms with E-state index in [1.165, 1.54) is 32.6 Å². The standard InChI is InChI=1S/C25H40N2O3/c1-15-12-19-17-6-7-21-25(4,11-9-23(30)27(21)5)18(17)8-10-24(19,3)20(15)14-26-22(29)13-16(2)28/h15,17-21H,6-14H2,1-5H3,(H,26,29)/t15?,17-,18-,19+,20?,21?,24+,25-/m1/s1. The molecule has 0 aromatic rings. The van der Waals surface area contributed by atoms with E-state index in [0.29, 0.717) is 48.6 Å². The highest BCUT2D eigenvalue weighted by Crippen LogP contribution is 2.67. The number of hydrogen-bond donors (Lipinski definition) is 1. The number of rotatable bonds is 4. The molecule has 5 nitrogen and oxygen atoms in total. The van der Waals surface area contributed by atoms with E-state index in [0.717, 1.165) is 18.8 Å². The summed E-state index contributed by atoms with van der Waals surface area (Å²) in [5.41, 5.74) is 0.521. The maximum Gasteiger partial charge on any atom is 0.227 e. The first-order chi connectivity index (χ1) is 14.1. The summed E-state index contributed by atoms with van der Waals surface area (Å²) in [7, 11) is 2.02. The van der Waals surface area contributed by atoms with Crippen molar-refractivity contribution in [3.05, 3.63) is 0 Å². The number of nitrogens with one attached hydrogen (secondary N) is 1. The Bertz CT molecular complexity index is 736. The minimum absolute atomic E-state index is 0.00206. The zero-order chi connectivity index (χ0) is 21.8. The van der Waals surface area contributed by atoms with Gasteiger partial charge in [0.1, 0.15) is 5.78 Å². The number of nitrogens with zero attached hydrogens (tertiary/aromatic N) is 1. The van der Waals surface area contributed by atoms with Crippen molar-refractivity contribution in [2.24, 2.45) is 40.4 Å². The number of fused-ring (bicyclic) bond motifs is 5. The van der Waals surface area contributed by atoms with Gasteiger partial charge in [-0.15, -0.1) is 0 Å². The van der Waals surface area contributed by atoms with Gasteiger partial charge in [0.05, 0.1) is 6.42 Å². The third-order valence-electron chi connectivity index (χ3n) is 10.1. The van der Waals surface area contributed by atoms with Gasteiger partial charge in [0.25, 0.3) is 0 Å². The Labute approximate surface area is 181 Å². The lowest BCUT2D eigenvalue weighted by molar-refractivity contribution is -0.158. The second-order valence-corrected chi connectivity index (χ2v) is 11.5. The molecule has 1 heterocycles. The summed E-state index contributed by atoms with van der Waals surface area (Å²) in [4.78, 5) is 37.8. The van der Waals surface area contributed by atoms with Crippen LogP contribution in [0.3, 0.4) is 0 Å². The average Bonchev–Trinajstić information content (AvgIpc) is 2.93. The van der Waals surface area contributed by atoms with Gasteiger partial charge >= 0.3 is 0 Å². The van der Waals surface area contributed by atoms with Crippen LogP contribution in [0.2, 0.25) is 0 Å². The van der Waals surface area contributed by atoms with Gasteiger partial charge in [-0.1, -0.05) is 20.8 Å². The molecule has 0 radical (unpaired) electrons. The van der Waals surface area contributed by atoms with E-state index in [-0.39, 0.29) is 28.9 Å². The van der Waals surface area contributed by atoms with E-state index >= 15 is 0 Å². The van der Waals surface area contributed by atoms with Gasteiger partial charge in [-0.25, -0.2) is 0 Å². The molecule has 30 heavy (non-hydrogen) atoms. The molecule has 1 N–H and O–H groups in total. The van der Waals surface area contributed by atoms with E-state index < -0.39 is 0 Å². The number of Topliss-reactive ketones (excluding diaryl/α,β-unsaturated/α-hetero) is 1. The van der Waals surface area contributed by atoms with Gasteiger partial charge in [-0.2, -0.15) is 0 Å². The molecule has 0 bridgehead atoms. The molecule has 3 aliphatic carbocycles. The summed E-state index contributed by atoms with van der Waals surface area (Å²) in [6.07, 6.45) is 7.84. The van der Waals surface area contributed by atoms with E-state index in [2.05, 4.69) is 31.0 Å². The van der Waals surface area contributed by atoms with Crippen molar-refractivity contribution < 1.29 is 14.4 Å². The van der Waals surface area contributed by atoms with Crippen molar-refractivity contribution in [2.75, 3.05) is 13.6 Å². The fraction of sp³-hybridized carbons (Fsp3) is 0.880. The van der Waals surface area contributed by atoms with Crippen molar-refractivity contribution in [1.82, 2.24) is 10.2 Å². The first kappa shape index (κ1) is 21.8. The van der Waals surface area contributed by atoms with Crippen LogP contribution >= 0.6 is 0 Å². The molecule has 1 saturated heterocycles. The maximum absolute atomic E-state index is 12.3. The smallest absolute Gasteiger partial charge is 0.227 e. The number of hydrogen-bond acceptors (Lipinski definition) is 3. The highest BCUT2D eigenvalue weighted by molar-refractivity contribution is 5.96. The van der Waals surface area contributed by atoms with Crippen LogP contribution in [0.1, 0.15) is 79.1 Å². The summed E-state index contributed by atoms with van der Waals surface area (Å²) >= 11 is 0. The van der Waals surface area contributed by atoms with Crippen molar-refractivity contribution in [1.29, 1.82) is 0 Å². The monoisotopic (exact) mass is 416 g/mol. The lowest BCUT2D eigenvalue weighted by Gasteiger charge is -2.61. The first-order valence-corrected chi connectivity index (χ1v) is 12.1. The predicted octanol–water partition coefficient (Wildman–Crippen LogP) is 3.81. The first-order valence-electron chi connectivity index (χ1n) is 12.1. The Kier molecular flexibility index (Phi) is 5.55. The van der Waals surface area contributed by atoms with Gasteiger partial charge in [0, 0.05) is 26.1 Å². The molecule has 2 amide bonds. The van der Waals surface area contributed by atoms with Gasteiger partial charge in [-0.3, -0.25) is 14.4 Å². The van der Waals surface area contributed by atoms with Crippen LogP contribution in [0.25, 0.3) is 0 Å². The number of amides is 2. The second kappa shape index (κ2) is 7.63. The minimum atomic E-state index is -0.127. The molecule has 5 heteroatoms. The van der Waals surface area contributed by atoms with Crippen LogP contribution in [-0.2, 0) is 14.4 Å². The van der Waals surface area contributed by atoms with Crippen LogP contribution in [0, 0.1) is 40.4 Å².